The third kappa shape index (κ3) is 6.52. The van der Waals surface area contributed by atoms with E-state index in [0.717, 1.165) is 32.9 Å². The molecular formula is C18H19BrClNO10. The molecule has 31 heavy (non-hydrogen) atoms. The van der Waals surface area contributed by atoms with E-state index in [1.54, 1.807) is 0 Å². The molecule has 1 heterocycles. The molecule has 1 fully saturated rings. The zero-order chi connectivity index (χ0) is 23.3. The van der Waals surface area contributed by atoms with Gasteiger partial charge in [-0.2, -0.15) is 0 Å². The van der Waals surface area contributed by atoms with E-state index in [1.165, 1.54) is 6.07 Å². The molecule has 170 valence electrons. The van der Waals surface area contributed by atoms with Gasteiger partial charge in [-0.05, 0) is 6.07 Å². The highest BCUT2D eigenvalue weighted by atomic mass is 79.9. The Kier molecular flexibility index (Phi) is 8.60. The lowest BCUT2D eigenvalue weighted by atomic mass is 9.98. The third-order valence-corrected chi connectivity index (χ3v) is 4.95. The topological polar surface area (TPSA) is 140 Å². The summed E-state index contributed by atoms with van der Waals surface area (Å²) in [5, 5.41) is 11.0. The Bertz CT molecular complexity index is 866. The van der Waals surface area contributed by atoms with Crippen LogP contribution in [0.2, 0.25) is 5.02 Å². The molecule has 0 unspecified atom stereocenters. The quantitative estimate of drug-likeness (QED) is 0.172. The van der Waals surface area contributed by atoms with Gasteiger partial charge in [0, 0.05) is 38.2 Å². The SMILES string of the molecule is CC(=O)O[C@@H]1[C@@H](OC(C)=O)[C@H](Oc2ccc([N+](=O)[O-])cc2Cl)O[C@H](CBr)[C@H]1OC(C)=O. The zero-order valence-corrected chi connectivity index (χ0v) is 19.0. The highest BCUT2D eigenvalue weighted by Gasteiger charge is 2.52. The van der Waals surface area contributed by atoms with Crippen molar-refractivity contribution in [3.63, 3.8) is 0 Å². The minimum absolute atomic E-state index is 0.00440. The zero-order valence-electron chi connectivity index (χ0n) is 16.6. The van der Waals surface area contributed by atoms with E-state index in [2.05, 4.69) is 15.9 Å². The summed E-state index contributed by atoms with van der Waals surface area (Å²) < 4.78 is 27.4. The van der Waals surface area contributed by atoms with Crippen molar-refractivity contribution < 1.29 is 43.0 Å². The number of hydrogen-bond acceptors (Lipinski definition) is 10. The number of non-ortho nitro benzene ring substituents is 1. The second-order valence-corrected chi connectivity index (χ2v) is 7.46. The molecule has 1 aliphatic heterocycles. The lowest BCUT2D eigenvalue weighted by Gasteiger charge is -2.43. The Hall–Kier alpha value is -2.44. The summed E-state index contributed by atoms with van der Waals surface area (Å²) in [6.07, 6.45) is -5.92. The van der Waals surface area contributed by atoms with Gasteiger partial charge in [0.1, 0.15) is 11.9 Å². The summed E-state index contributed by atoms with van der Waals surface area (Å²) in [7, 11) is 0. The monoisotopic (exact) mass is 523 g/mol. The summed E-state index contributed by atoms with van der Waals surface area (Å²) >= 11 is 9.32. The first-order valence-electron chi connectivity index (χ1n) is 8.87. The van der Waals surface area contributed by atoms with Crippen LogP contribution in [0.15, 0.2) is 18.2 Å². The molecular weight excluding hydrogens is 506 g/mol. The number of nitro groups is 1. The van der Waals surface area contributed by atoms with Gasteiger partial charge in [-0.15, -0.1) is 0 Å². The smallest absolute Gasteiger partial charge is 0.303 e. The minimum atomic E-state index is -1.35. The molecule has 2 rings (SSSR count). The number of ether oxygens (including phenoxy) is 5. The van der Waals surface area contributed by atoms with Crippen LogP contribution in [0, 0.1) is 10.1 Å². The molecule has 0 saturated carbocycles. The van der Waals surface area contributed by atoms with Crippen LogP contribution >= 0.6 is 27.5 Å². The van der Waals surface area contributed by atoms with Gasteiger partial charge < -0.3 is 23.7 Å². The number of alkyl halides is 1. The van der Waals surface area contributed by atoms with E-state index < -0.39 is 53.5 Å². The lowest BCUT2D eigenvalue weighted by Crippen LogP contribution is -2.63. The highest BCUT2D eigenvalue weighted by Crippen LogP contribution is 2.34. The fraction of sp³-hybridized carbons (Fsp3) is 0.500. The van der Waals surface area contributed by atoms with Crippen molar-refractivity contribution >= 4 is 51.1 Å². The molecule has 0 radical (unpaired) electrons. The molecule has 1 aromatic carbocycles. The fourth-order valence-electron chi connectivity index (χ4n) is 2.90. The summed E-state index contributed by atoms with van der Waals surface area (Å²) in [6.45, 7) is 3.42. The van der Waals surface area contributed by atoms with Crippen LogP contribution in [0.5, 0.6) is 5.75 Å². The number of hydrogen-bond donors (Lipinski definition) is 0. The summed E-state index contributed by atoms with van der Waals surface area (Å²) in [5.74, 6) is -2.14. The van der Waals surface area contributed by atoms with Crippen LogP contribution in [-0.2, 0) is 33.3 Å². The Morgan fingerprint density at radius 1 is 1.06 bits per heavy atom. The second-order valence-electron chi connectivity index (χ2n) is 6.41. The van der Waals surface area contributed by atoms with Gasteiger partial charge in [0.25, 0.3) is 5.69 Å². The second kappa shape index (κ2) is 10.7. The van der Waals surface area contributed by atoms with Crippen LogP contribution in [0.4, 0.5) is 5.69 Å². The van der Waals surface area contributed by atoms with Gasteiger partial charge in [0.15, 0.2) is 12.2 Å². The van der Waals surface area contributed by atoms with Crippen LogP contribution in [0.3, 0.4) is 0 Å². The van der Waals surface area contributed by atoms with Gasteiger partial charge in [-0.25, -0.2) is 0 Å². The van der Waals surface area contributed by atoms with Gasteiger partial charge in [0.2, 0.25) is 12.4 Å². The number of benzene rings is 1. The van der Waals surface area contributed by atoms with Crippen LogP contribution in [0.1, 0.15) is 20.8 Å². The first-order chi connectivity index (χ1) is 14.5. The van der Waals surface area contributed by atoms with Crippen LogP contribution in [-0.4, -0.2) is 58.9 Å². The van der Waals surface area contributed by atoms with Gasteiger partial charge in [-0.1, -0.05) is 27.5 Å². The number of nitrogens with zero attached hydrogens (tertiary/aromatic N) is 1. The van der Waals surface area contributed by atoms with E-state index in [4.69, 9.17) is 35.3 Å². The van der Waals surface area contributed by atoms with E-state index in [0.29, 0.717) is 0 Å². The Morgan fingerprint density at radius 2 is 1.61 bits per heavy atom. The van der Waals surface area contributed by atoms with Crippen LogP contribution in [0.25, 0.3) is 0 Å². The van der Waals surface area contributed by atoms with Gasteiger partial charge >= 0.3 is 17.9 Å². The minimum Gasteiger partial charge on any atom is -0.459 e. The molecule has 1 aromatic rings. The number of carbonyl (C=O) groups is 3. The van der Waals surface area contributed by atoms with Crippen molar-refractivity contribution in [1.82, 2.24) is 0 Å². The molecule has 0 bridgehead atoms. The molecule has 0 aromatic heterocycles. The first-order valence-corrected chi connectivity index (χ1v) is 10.4. The predicted molar refractivity (Wildman–Crippen MR) is 108 cm³/mol. The van der Waals surface area contributed by atoms with Gasteiger partial charge in [0.05, 0.1) is 9.95 Å². The molecule has 0 amide bonds. The van der Waals surface area contributed by atoms with E-state index in [-0.39, 0.29) is 21.8 Å². The average molecular weight is 525 g/mol. The molecule has 11 nitrogen and oxygen atoms in total. The molecule has 0 aliphatic carbocycles. The molecule has 13 heteroatoms. The van der Waals surface area contributed by atoms with Crippen molar-refractivity contribution in [2.45, 2.75) is 51.5 Å². The molecule has 5 atom stereocenters. The van der Waals surface area contributed by atoms with E-state index in [1.807, 2.05) is 0 Å². The third-order valence-electron chi connectivity index (χ3n) is 4.02. The Labute approximate surface area is 190 Å². The molecule has 0 N–H and O–H groups in total. The lowest BCUT2D eigenvalue weighted by molar-refractivity contribution is -0.384. The predicted octanol–water partition coefficient (Wildman–Crippen LogP) is 2.54. The first kappa shape index (κ1) is 24.8. The van der Waals surface area contributed by atoms with Gasteiger partial charge in [-0.3, -0.25) is 24.5 Å². The molecule has 1 saturated heterocycles. The maximum absolute atomic E-state index is 11.7. The average Bonchev–Trinajstić information content (AvgIpc) is 2.66. The van der Waals surface area contributed by atoms with Crippen molar-refractivity contribution in [3.8, 4) is 5.75 Å². The maximum Gasteiger partial charge on any atom is 0.303 e. The summed E-state index contributed by atoms with van der Waals surface area (Å²) in [6, 6.07) is 3.49. The number of esters is 3. The number of carbonyl (C=O) groups excluding carboxylic acids is 3. The standard InChI is InChI=1S/C18H19BrClNO10/c1-8(22)27-15-14(7-19)31-18(17(29-10(3)24)16(15)28-9(2)23)30-13-5-4-11(21(25)26)6-12(13)20/h4-6,14-18H,7H2,1-3H3/t14-,15-,16+,17-,18-/m1/s1. The number of halogens is 2. The number of rotatable bonds is 7. The Morgan fingerprint density at radius 3 is 2.10 bits per heavy atom. The highest BCUT2D eigenvalue weighted by molar-refractivity contribution is 9.09. The molecule has 1 aliphatic rings. The van der Waals surface area contributed by atoms with Crippen molar-refractivity contribution in [2.24, 2.45) is 0 Å². The van der Waals surface area contributed by atoms with Crippen molar-refractivity contribution in [3.05, 3.63) is 33.3 Å². The number of nitro benzene ring substituents is 1. The van der Waals surface area contributed by atoms with Crippen molar-refractivity contribution in [2.75, 3.05) is 5.33 Å². The van der Waals surface area contributed by atoms with E-state index >= 15 is 0 Å². The summed E-state index contributed by atoms with van der Waals surface area (Å²) in [5.41, 5.74) is -0.260. The summed E-state index contributed by atoms with van der Waals surface area (Å²) in [4.78, 5) is 45.3. The largest absolute Gasteiger partial charge is 0.459 e. The normalized spacial score (nSPS) is 25.3. The van der Waals surface area contributed by atoms with Crippen molar-refractivity contribution in [1.29, 1.82) is 0 Å². The van der Waals surface area contributed by atoms with Crippen LogP contribution < -0.4 is 4.74 Å². The fourth-order valence-corrected chi connectivity index (χ4v) is 3.64. The molecule has 0 spiro atoms. The maximum atomic E-state index is 11.7. The Balaban J connectivity index is 2.43. The van der Waals surface area contributed by atoms with E-state index in [9.17, 15) is 24.5 Å².